The van der Waals surface area contributed by atoms with Gasteiger partial charge in [-0.25, -0.2) is 0 Å². The number of hydrogen-bond donors (Lipinski definition) is 1. The summed E-state index contributed by atoms with van der Waals surface area (Å²) >= 11 is 0. The van der Waals surface area contributed by atoms with Crippen LogP contribution in [0.4, 0.5) is 0 Å². The number of aliphatic hydroxyl groups is 1. The van der Waals surface area contributed by atoms with Gasteiger partial charge in [-0.05, 0) is 74.3 Å². The van der Waals surface area contributed by atoms with Crippen LogP contribution in [0.25, 0.3) is 0 Å². The standard InChI is InChI=1S/C14H20O/c1-9-8-12-6-4-5-7-13(12)10(2)14(9)11(3)15/h8,11,15H,4-7H2,1-3H3/t11-/m0/s1. The van der Waals surface area contributed by atoms with Gasteiger partial charge in [0.2, 0.25) is 0 Å². The molecule has 82 valence electrons. The van der Waals surface area contributed by atoms with Crippen LogP contribution in [-0.4, -0.2) is 5.11 Å². The third-order valence-electron chi connectivity index (χ3n) is 3.60. The second kappa shape index (κ2) is 3.97. The van der Waals surface area contributed by atoms with Gasteiger partial charge in [0.05, 0.1) is 6.10 Å². The molecule has 2 rings (SSSR count). The zero-order valence-corrected chi connectivity index (χ0v) is 9.93. The molecule has 0 bridgehead atoms. The van der Waals surface area contributed by atoms with Gasteiger partial charge in [-0.2, -0.15) is 0 Å². The van der Waals surface area contributed by atoms with Crippen molar-refractivity contribution >= 4 is 0 Å². The van der Waals surface area contributed by atoms with Crippen LogP contribution in [-0.2, 0) is 12.8 Å². The van der Waals surface area contributed by atoms with Gasteiger partial charge in [-0.15, -0.1) is 0 Å². The van der Waals surface area contributed by atoms with Crippen LogP contribution < -0.4 is 0 Å². The van der Waals surface area contributed by atoms with Crippen molar-refractivity contribution in [1.29, 1.82) is 0 Å². The van der Waals surface area contributed by atoms with Gasteiger partial charge in [0.1, 0.15) is 0 Å². The molecule has 1 nitrogen and oxygen atoms in total. The van der Waals surface area contributed by atoms with E-state index in [2.05, 4.69) is 19.9 Å². The minimum absolute atomic E-state index is 0.336. The van der Waals surface area contributed by atoms with E-state index >= 15 is 0 Å². The maximum absolute atomic E-state index is 9.79. The summed E-state index contributed by atoms with van der Waals surface area (Å²) in [7, 11) is 0. The van der Waals surface area contributed by atoms with Crippen LogP contribution in [0, 0.1) is 13.8 Å². The Kier molecular flexibility index (Phi) is 2.83. The summed E-state index contributed by atoms with van der Waals surface area (Å²) in [4.78, 5) is 0. The molecular formula is C14H20O. The Morgan fingerprint density at radius 1 is 1.20 bits per heavy atom. The van der Waals surface area contributed by atoms with Crippen molar-refractivity contribution in [3.05, 3.63) is 33.9 Å². The zero-order chi connectivity index (χ0) is 11.0. The van der Waals surface area contributed by atoms with Gasteiger partial charge in [0, 0.05) is 0 Å². The summed E-state index contributed by atoms with van der Waals surface area (Å²) in [6.45, 7) is 6.15. The molecular weight excluding hydrogens is 184 g/mol. The first-order chi connectivity index (χ1) is 7.11. The van der Waals surface area contributed by atoms with E-state index in [9.17, 15) is 5.11 Å². The molecule has 0 radical (unpaired) electrons. The normalized spacial score (nSPS) is 17.3. The van der Waals surface area contributed by atoms with Gasteiger partial charge in [-0.3, -0.25) is 0 Å². The summed E-state index contributed by atoms with van der Waals surface area (Å²) in [6, 6.07) is 2.28. The van der Waals surface area contributed by atoms with Gasteiger partial charge in [0.15, 0.2) is 0 Å². The van der Waals surface area contributed by atoms with Crippen molar-refractivity contribution in [2.45, 2.75) is 52.6 Å². The predicted octanol–water partition coefficient (Wildman–Crippen LogP) is 3.24. The number of rotatable bonds is 1. The third-order valence-corrected chi connectivity index (χ3v) is 3.60. The summed E-state index contributed by atoms with van der Waals surface area (Å²) < 4.78 is 0. The Balaban J connectivity index is 2.59. The molecule has 1 heteroatoms. The molecule has 0 amide bonds. The predicted molar refractivity (Wildman–Crippen MR) is 63.2 cm³/mol. The zero-order valence-electron chi connectivity index (χ0n) is 9.93. The average molecular weight is 204 g/mol. The highest BCUT2D eigenvalue weighted by molar-refractivity contribution is 5.47. The third kappa shape index (κ3) is 1.81. The molecule has 1 aliphatic carbocycles. The number of aryl methyl sites for hydroxylation is 2. The van der Waals surface area contributed by atoms with Crippen molar-refractivity contribution in [2.75, 3.05) is 0 Å². The maximum Gasteiger partial charge on any atom is 0.0767 e. The first-order valence-electron chi connectivity index (χ1n) is 5.91. The van der Waals surface area contributed by atoms with Crippen LogP contribution in [0.2, 0.25) is 0 Å². The van der Waals surface area contributed by atoms with Crippen molar-refractivity contribution in [3.63, 3.8) is 0 Å². The fraction of sp³-hybridized carbons (Fsp3) is 0.571. The lowest BCUT2D eigenvalue weighted by Gasteiger charge is -2.23. The smallest absolute Gasteiger partial charge is 0.0767 e. The molecule has 1 atom stereocenters. The molecule has 0 spiro atoms. The second-order valence-electron chi connectivity index (χ2n) is 4.75. The average Bonchev–Trinajstić information content (AvgIpc) is 2.17. The number of aliphatic hydroxyl groups excluding tert-OH is 1. The molecule has 1 N–H and O–H groups in total. The van der Waals surface area contributed by atoms with Crippen molar-refractivity contribution < 1.29 is 5.11 Å². The monoisotopic (exact) mass is 204 g/mol. The van der Waals surface area contributed by atoms with E-state index in [0.717, 1.165) is 5.56 Å². The van der Waals surface area contributed by atoms with E-state index < -0.39 is 0 Å². The lowest BCUT2D eigenvalue weighted by Crippen LogP contribution is -2.10. The van der Waals surface area contributed by atoms with Crippen LogP contribution in [0.5, 0.6) is 0 Å². The molecule has 0 heterocycles. The maximum atomic E-state index is 9.79. The first kappa shape index (κ1) is 10.7. The summed E-state index contributed by atoms with van der Waals surface area (Å²) in [5, 5.41) is 9.79. The SMILES string of the molecule is Cc1cc2c(c(C)c1[C@H](C)O)CCCC2. The molecule has 1 aliphatic rings. The molecule has 0 fully saturated rings. The Hall–Kier alpha value is -0.820. The molecule has 1 aromatic carbocycles. The fourth-order valence-corrected chi connectivity index (χ4v) is 2.96. The number of fused-ring (bicyclic) bond motifs is 1. The molecule has 0 aromatic heterocycles. The highest BCUT2D eigenvalue weighted by Crippen LogP contribution is 2.31. The lowest BCUT2D eigenvalue weighted by molar-refractivity contribution is 0.197. The Morgan fingerprint density at radius 3 is 2.53 bits per heavy atom. The Bertz CT molecular complexity index is 377. The number of benzene rings is 1. The number of hydrogen-bond acceptors (Lipinski definition) is 1. The van der Waals surface area contributed by atoms with Crippen LogP contribution in [0.15, 0.2) is 6.07 Å². The van der Waals surface area contributed by atoms with E-state index in [-0.39, 0.29) is 6.10 Å². The van der Waals surface area contributed by atoms with Crippen LogP contribution >= 0.6 is 0 Å². The first-order valence-corrected chi connectivity index (χ1v) is 5.91. The van der Waals surface area contributed by atoms with Crippen molar-refractivity contribution in [3.8, 4) is 0 Å². The van der Waals surface area contributed by atoms with Gasteiger partial charge < -0.3 is 5.11 Å². The minimum Gasteiger partial charge on any atom is -0.389 e. The van der Waals surface area contributed by atoms with Gasteiger partial charge >= 0.3 is 0 Å². The van der Waals surface area contributed by atoms with Gasteiger partial charge in [-0.1, -0.05) is 6.07 Å². The van der Waals surface area contributed by atoms with E-state index in [0.29, 0.717) is 0 Å². The van der Waals surface area contributed by atoms with E-state index in [4.69, 9.17) is 0 Å². The summed E-state index contributed by atoms with van der Waals surface area (Å²) in [6.07, 6.45) is 4.70. The topological polar surface area (TPSA) is 20.2 Å². The Labute approximate surface area is 92.1 Å². The van der Waals surface area contributed by atoms with Crippen molar-refractivity contribution in [2.24, 2.45) is 0 Å². The quantitative estimate of drug-likeness (QED) is 0.744. The van der Waals surface area contributed by atoms with Crippen LogP contribution in [0.3, 0.4) is 0 Å². The molecule has 1 aromatic rings. The van der Waals surface area contributed by atoms with E-state index in [1.807, 2.05) is 6.92 Å². The lowest BCUT2D eigenvalue weighted by atomic mass is 9.83. The van der Waals surface area contributed by atoms with E-state index in [1.54, 1.807) is 0 Å². The van der Waals surface area contributed by atoms with Crippen molar-refractivity contribution in [1.82, 2.24) is 0 Å². The fourth-order valence-electron chi connectivity index (χ4n) is 2.96. The molecule has 0 aliphatic heterocycles. The summed E-state index contributed by atoms with van der Waals surface area (Å²) in [5.74, 6) is 0. The molecule has 0 unspecified atom stereocenters. The molecule has 15 heavy (non-hydrogen) atoms. The van der Waals surface area contributed by atoms with Gasteiger partial charge in [0.25, 0.3) is 0 Å². The Morgan fingerprint density at radius 2 is 1.87 bits per heavy atom. The minimum atomic E-state index is -0.336. The summed E-state index contributed by atoms with van der Waals surface area (Å²) in [5.41, 5.74) is 6.75. The largest absolute Gasteiger partial charge is 0.389 e. The molecule has 0 saturated heterocycles. The van der Waals surface area contributed by atoms with Crippen LogP contribution in [0.1, 0.15) is 53.7 Å². The second-order valence-corrected chi connectivity index (χ2v) is 4.75. The van der Waals surface area contributed by atoms with E-state index in [1.165, 1.54) is 47.9 Å². The highest BCUT2D eigenvalue weighted by Gasteiger charge is 2.17. The highest BCUT2D eigenvalue weighted by atomic mass is 16.3. The molecule has 0 saturated carbocycles.